The Morgan fingerprint density at radius 3 is 2.50 bits per heavy atom. The van der Waals surface area contributed by atoms with Crippen LogP contribution in [0.4, 0.5) is 0 Å². The predicted molar refractivity (Wildman–Crippen MR) is 55.7 cm³/mol. The van der Waals surface area contributed by atoms with E-state index in [2.05, 4.69) is 17.0 Å². The summed E-state index contributed by atoms with van der Waals surface area (Å²) in [6, 6.07) is 0. The standard InChI is InChI=1S/C8H14N2O3S/c1-3-13-8(12)5-10(2)7(11)4-6(9)14/h3-5H2,1-2H3,(H2,9,14). The Bertz CT molecular complexity index is 243. The molecule has 14 heavy (non-hydrogen) atoms. The van der Waals surface area contributed by atoms with Gasteiger partial charge >= 0.3 is 5.97 Å². The van der Waals surface area contributed by atoms with Crippen molar-refractivity contribution in [1.82, 2.24) is 4.90 Å². The fourth-order valence-corrected chi connectivity index (χ4v) is 0.896. The maximum absolute atomic E-state index is 11.2. The monoisotopic (exact) mass is 218 g/mol. The minimum atomic E-state index is -0.439. The van der Waals surface area contributed by atoms with Gasteiger partial charge in [0.25, 0.3) is 0 Å². The lowest BCUT2D eigenvalue weighted by atomic mass is 10.3. The largest absolute Gasteiger partial charge is 0.465 e. The second kappa shape index (κ2) is 6.31. The van der Waals surface area contributed by atoms with Gasteiger partial charge in [0, 0.05) is 7.05 Å². The summed E-state index contributed by atoms with van der Waals surface area (Å²) in [5, 5.41) is 0. The lowest BCUT2D eigenvalue weighted by Crippen LogP contribution is -2.35. The van der Waals surface area contributed by atoms with Crippen LogP contribution < -0.4 is 5.73 Å². The summed E-state index contributed by atoms with van der Waals surface area (Å²) in [4.78, 5) is 23.6. The first kappa shape index (κ1) is 12.8. The third-order valence-electron chi connectivity index (χ3n) is 1.42. The van der Waals surface area contributed by atoms with E-state index in [1.807, 2.05) is 0 Å². The van der Waals surface area contributed by atoms with Gasteiger partial charge in [0.15, 0.2) is 0 Å². The number of carbonyl (C=O) groups is 2. The zero-order chi connectivity index (χ0) is 11.1. The highest BCUT2D eigenvalue weighted by Crippen LogP contribution is 1.92. The van der Waals surface area contributed by atoms with Gasteiger partial charge < -0.3 is 15.4 Å². The lowest BCUT2D eigenvalue weighted by molar-refractivity contribution is -0.147. The molecule has 0 aromatic heterocycles. The van der Waals surface area contributed by atoms with E-state index in [9.17, 15) is 9.59 Å². The fraction of sp³-hybridized carbons (Fsp3) is 0.625. The highest BCUT2D eigenvalue weighted by atomic mass is 32.1. The molecule has 0 radical (unpaired) electrons. The minimum absolute atomic E-state index is 0.0226. The number of nitrogens with two attached hydrogens (primary N) is 1. The number of likely N-dealkylation sites (N-methyl/N-ethyl adjacent to an activating group) is 1. The van der Waals surface area contributed by atoms with Crippen molar-refractivity contribution < 1.29 is 14.3 Å². The number of hydrogen-bond acceptors (Lipinski definition) is 4. The van der Waals surface area contributed by atoms with Gasteiger partial charge in [0.05, 0.1) is 18.0 Å². The van der Waals surface area contributed by atoms with Gasteiger partial charge in [-0.1, -0.05) is 12.2 Å². The van der Waals surface area contributed by atoms with Crippen LogP contribution in [0.25, 0.3) is 0 Å². The van der Waals surface area contributed by atoms with Crippen molar-refractivity contribution in [3.8, 4) is 0 Å². The maximum Gasteiger partial charge on any atom is 0.325 e. The first-order chi connectivity index (χ1) is 6.47. The summed E-state index contributed by atoms with van der Waals surface area (Å²) in [5.41, 5.74) is 5.19. The molecule has 0 spiro atoms. The average Bonchev–Trinajstić information content (AvgIpc) is 2.02. The number of carbonyl (C=O) groups excluding carboxylic acids is 2. The number of nitrogens with zero attached hydrogens (tertiary/aromatic N) is 1. The first-order valence-electron chi connectivity index (χ1n) is 4.15. The van der Waals surface area contributed by atoms with Gasteiger partial charge in [-0.2, -0.15) is 0 Å². The fourth-order valence-electron chi connectivity index (χ4n) is 0.772. The molecule has 1 amide bonds. The normalized spacial score (nSPS) is 9.29. The molecule has 0 rings (SSSR count). The number of amides is 1. The van der Waals surface area contributed by atoms with Crippen LogP contribution in [0.15, 0.2) is 0 Å². The van der Waals surface area contributed by atoms with Crippen LogP contribution in [0.5, 0.6) is 0 Å². The summed E-state index contributed by atoms with van der Waals surface area (Å²) >= 11 is 4.57. The van der Waals surface area contributed by atoms with Crippen molar-refractivity contribution in [2.75, 3.05) is 20.2 Å². The zero-order valence-electron chi connectivity index (χ0n) is 8.28. The molecule has 0 saturated carbocycles. The lowest BCUT2D eigenvalue weighted by Gasteiger charge is -2.15. The molecule has 6 heteroatoms. The van der Waals surface area contributed by atoms with Crippen LogP contribution in [0, 0.1) is 0 Å². The topological polar surface area (TPSA) is 72.6 Å². The zero-order valence-corrected chi connectivity index (χ0v) is 9.10. The molecule has 0 atom stereocenters. The molecule has 0 aromatic rings. The SMILES string of the molecule is CCOC(=O)CN(C)C(=O)CC(N)=S. The first-order valence-corrected chi connectivity index (χ1v) is 4.56. The Kier molecular flexibility index (Phi) is 5.78. The van der Waals surface area contributed by atoms with Crippen LogP contribution in [0.2, 0.25) is 0 Å². The Morgan fingerprint density at radius 1 is 1.50 bits per heavy atom. The van der Waals surface area contributed by atoms with Crippen LogP contribution in [-0.2, 0) is 14.3 Å². The van der Waals surface area contributed by atoms with Gasteiger partial charge in [-0.05, 0) is 6.92 Å². The summed E-state index contributed by atoms with van der Waals surface area (Å²) < 4.78 is 4.67. The summed E-state index contributed by atoms with van der Waals surface area (Å²) in [6.07, 6.45) is -0.0226. The molecule has 80 valence electrons. The Morgan fingerprint density at radius 2 is 2.07 bits per heavy atom. The second-order valence-electron chi connectivity index (χ2n) is 2.70. The second-order valence-corrected chi connectivity index (χ2v) is 3.22. The van der Waals surface area contributed by atoms with Crippen LogP contribution in [0.1, 0.15) is 13.3 Å². The van der Waals surface area contributed by atoms with Crippen LogP contribution >= 0.6 is 12.2 Å². The van der Waals surface area contributed by atoms with E-state index < -0.39 is 5.97 Å². The van der Waals surface area contributed by atoms with Gasteiger partial charge in [-0.3, -0.25) is 9.59 Å². The number of rotatable bonds is 5. The molecule has 0 unspecified atom stereocenters. The van der Waals surface area contributed by atoms with Gasteiger partial charge in [0.1, 0.15) is 6.54 Å². The van der Waals surface area contributed by atoms with Crippen LogP contribution in [0.3, 0.4) is 0 Å². The minimum Gasteiger partial charge on any atom is -0.465 e. The highest BCUT2D eigenvalue weighted by molar-refractivity contribution is 7.80. The maximum atomic E-state index is 11.2. The average molecular weight is 218 g/mol. The molecule has 0 aliphatic heterocycles. The molecule has 0 heterocycles. The van der Waals surface area contributed by atoms with E-state index in [0.29, 0.717) is 6.61 Å². The number of esters is 1. The molecule has 0 saturated heterocycles. The highest BCUT2D eigenvalue weighted by Gasteiger charge is 2.13. The molecule has 5 nitrogen and oxygen atoms in total. The van der Waals surface area contributed by atoms with E-state index >= 15 is 0 Å². The Labute approximate surface area is 88.2 Å². The summed E-state index contributed by atoms with van der Waals surface area (Å²) in [5.74, 6) is -0.725. The molecular formula is C8H14N2O3S. The van der Waals surface area contributed by atoms with E-state index in [4.69, 9.17) is 5.73 Å². The van der Waals surface area contributed by atoms with Crippen molar-refractivity contribution in [1.29, 1.82) is 0 Å². The smallest absolute Gasteiger partial charge is 0.325 e. The third kappa shape index (κ3) is 5.47. The molecule has 0 aliphatic rings. The quantitative estimate of drug-likeness (QED) is 0.506. The van der Waals surface area contributed by atoms with Crippen molar-refractivity contribution in [2.24, 2.45) is 5.73 Å². The van der Waals surface area contributed by atoms with E-state index in [1.54, 1.807) is 6.92 Å². The van der Waals surface area contributed by atoms with Gasteiger partial charge in [-0.25, -0.2) is 0 Å². The van der Waals surface area contributed by atoms with E-state index in [0.717, 1.165) is 0 Å². The molecule has 0 fully saturated rings. The van der Waals surface area contributed by atoms with Crippen molar-refractivity contribution >= 4 is 29.1 Å². The van der Waals surface area contributed by atoms with E-state index in [1.165, 1.54) is 11.9 Å². The number of hydrogen-bond donors (Lipinski definition) is 1. The molecular weight excluding hydrogens is 204 g/mol. The van der Waals surface area contributed by atoms with E-state index in [-0.39, 0.29) is 23.9 Å². The predicted octanol–water partition coefficient (Wildman–Crippen LogP) is -0.316. The van der Waals surface area contributed by atoms with Gasteiger partial charge in [0.2, 0.25) is 5.91 Å². The third-order valence-corrected chi connectivity index (χ3v) is 1.57. The number of ether oxygens (including phenoxy) is 1. The summed E-state index contributed by atoms with van der Waals surface area (Å²) in [7, 11) is 1.50. The molecule has 0 bridgehead atoms. The van der Waals surface area contributed by atoms with Crippen molar-refractivity contribution in [3.05, 3.63) is 0 Å². The van der Waals surface area contributed by atoms with Crippen molar-refractivity contribution in [2.45, 2.75) is 13.3 Å². The molecule has 2 N–H and O–H groups in total. The summed E-state index contributed by atoms with van der Waals surface area (Å²) in [6.45, 7) is 1.93. The van der Waals surface area contributed by atoms with Gasteiger partial charge in [-0.15, -0.1) is 0 Å². The van der Waals surface area contributed by atoms with Crippen LogP contribution in [-0.4, -0.2) is 42.0 Å². The van der Waals surface area contributed by atoms with Crippen molar-refractivity contribution in [3.63, 3.8) is 0 Å². The number of thiocarbonyl (C=S) groups is 1. The molecule has 0 aromatic carbocycles. The Hall–Kier alpha value is -1.17. The Balaban J connectivity index is 3.94. The molecule has 0 aliphatic carbocycles.